The lowest BCUT2D eigenvalue weighted by Crippen LogP contribution is -2.04. The minimum atomic E-state index is -4.35. The van der Waals surface area contributed by atoms with Crippen LogP contribution < -0.4 is 5.32 Å². The van der Waals surface area contributed by atoms with Gasteiger partial charge in [-0.2, -0.15) is 22.7 Å². The highest BCUT2D eigenvalue weighted by molar-refractivity contribution is 9.10. The third-order valence-electron chi connectivity index (χ3n) is 2.68. The first-order valence-electron chi connectivity index (χ1n) is 5.75. The molecule has 108 valence electrons. The second-order valence-electron chi connectivity index (χ2n) is 4.12. The highest BCUT2D eigenvalue weighted by atomic mass is 79.9. The average molecular weight is 358 g/mol. The summed E-state index contributed by atoms with van der Waals surface area (Å²) >= 11 is 3.22. The van der Waals surface area contributed by atoms with Crippen molar-refractivity contribution < 1.29 is 13.2 Å². The normalized spacial score (nSPS) is 11.8. The average Bonchev–Trinajstić information content (AvgIpc) is 2.82. The Morgan fingerprint density at radius 1 is 1.10 bits per heavy atom. The number of nitrogens with one attached hydrogen (secondary N) is 1. The van der Waals surface area contributed by atoms with Crippen molar-refractivity contribution in [2.45, 2.75) is 6.18 Å². The van der Waals surface area contributed by atoms with Gasteiger partial charge < -0.3 is 5.32 Å². The summed E-state index contributed by atoms with van der Waals surface area (Å²) in [5, 5.41) is 6.98. The van der Waals surface area contributed by atoms with Crippen LogP contribution in [0.1, 0.15) is 5.56 Å². The van der Waals surface area contributed by atoms with Gasteiger partial charge in [0.2, 0.25) is 5.95 Å². The van der Waals surface area contributed by atoms with Crippen LogP contribution in [0, 0.1) is 0 Å². The van der Waals surface area contributed by atoms with Crippen LogP contribution in [0.15, 0.2) is 41.3 Å². The predicted molar refractivity (Wildman–Crippen MR) is 73.2 cm³/mol. The molecule has 1 N–H and O–H groups in total. The number of fused-ring (bicyclic) bond motifs is 1. The van der Waals surface area contributed by atoms with Crippen LogP contribution in [0.3, 0.4) is 0 Å². The monoisotopic (exact) mass is 357 g/mol. The molecule has 0 amide bonds. The van der Waals surface area contributed by atoms with Crippen molar-refractivity contribution in [1.29, 1.82) is 0 Å². The van der Waals surface area contributed by atoms with Gasteiger partial charge in [-0.05, 0) is 40.2 Å². The van der Waals surface area contributed by atoms with E-state index >= 15 is 0 Å². The van der Waals surface area contributed by atoms with Gasteiger partial charge in [0.15, 0.2) is 10.4 Å². The zero-order chi connectivity index (χ0) is 15.0. The molecule has 0 aliphatic heterocycles. The number of benzene rings is 1. The highest BCUT2D eigenvalue weighted by Crippen LogP contribution is 2.30. The van der Waals surface area contributed by atoms with Crippen LogP contribution in [0.4, 0.5) is 24.8 Å². The van der Waals surface area contributed by atoms with Crippen molar-refractivity contribution in [3.8, 4) is 0 Å². The Kier molecular flexibility index (Phi) is 3.28. The zero-order valence-electron chi connectivity index (χ0n) is 10.3. The molecular formula is C12H7BrF3N5. The first-order valence-corrected chi connectivity index (χ1v) is 6.54. The van der Waals surface area contributed by atoms with Crippen LogP contribution in [0.2, 0.25) is 0 Å². The molecule has 9 heteroatoms. The van der Waals surface area contributed by atoms with E-state index in [-0.39, 0.29) is 5.95 Å². The number of anilines is 2. The molecule has 1 aromatic carbocycles. The largest absolute Gasteiger partial charge is 0.416 e. The number of rotatable bonds is 2. The first-order chi connectivity index (χ1) is 9.93. The second-order valence-corrected chi connectivity index (χ2v) is 4.83. The fraction of sp³-hybridized carbons (Fsp3) is 0.0833. The van der Waals surface area contributed by atoms with Gasteiger partial charge in [0.05, 0.1) is 5.56 Å². The summed E-state index contributed by atoms with van der Waals surface area (Å²) < 4.78 is 39.4. The lowest BCUT2D eigenvalue weighted by Gasteiger charge is -2.07. The fourth-order valence-corrected chi connectivity index (χ4v) is 2.09. The number of hydrogen-bond donors (Lipinski definition) is 1. The Labute approximate surface area is 125 Å². The van der Waals surface area contributed by atoms with Crippen LogP contribution in [0.5, 0.6) is 0 Å². The molecule has 0 fully saturated rings. The van der Waals surface area contributed by atoms with Crippen molar-refractivity contribution in [1.82, 2.24) is 19.6 Å². The van der Waals surface area contributed by atoms with Crippen LogP contribution in [0.25, 0.3) is 5.65 Å². The SMILES string of the molecule is FC(F)(F)c1ccc(Nc2nc3ccnc(Br)n3n2)cc1. The van der Waals surface area contributed by atoms with Gasteiger partial charge in [0, 0.05) is 18.0 Å². The minimum Gasteiger partial charge on any atom is -0.323 e. The van der Waals surface area contributed by atoms with Crippen molar-refractivity contribution in [3.63, 3.8) is 0 Å². The van der Waals surface area contributed by atoms with Gasteiger partial charge in [-0.1, -0.05) is 0 Å². The Morgan fingerprint density at radius 2 is 1.81 bits per heavy atom. The molecule has 0 aliphatic carbocycles. The molecule has 0 bridgehead atoms. The smallest absolute Gasteiger partial charge is 0.323 e. The maximum atomic E-state index is 12.5. The fourth-order valence-electron chi connectivity index (χ4n) is 1.71. The number of nitrogens with zero attached hydrogens (tertiary/aromatic N) is 4. The van der Waals surface area contributed by atoms with E-state index in [1.165, 1.54) is 16.6 Å². The third kappa shape index (κ3) is 2.82. The van der Waals surface area contributed by atoms with Crippen LogP contribution in [-0.2, 0) is 6.18 Å². The van der Waals surface area contributed by atoms with Crippen molar-refractivity contribution in [3.05, 3.63) is 46.8 Å². The molecule has 0 spiro atoms. The molecule has 0 radical (unpaired) electrons. The summed E-state index contributed by atoms with van der Waals surface area (Å²) in [6.07, 6.45) is -2.79. The molecule has 21 heavy (non-hydrogen) atoms. The minimum absolute atomic E-state index is 0.267. The van der Waals surface area contributed by atoms with Gasteiger partial charge in [0.25, 0.3) is 0 Å². The van der Waals surface area contributed by atoms with Gasteiger partial charge in [0.1, 0.15) is 0 Å². The van der Waals surface area contributed by atoms with E-state index in [0.29, 0.717) is 16.1 Å². The molecule has 0 saturated carbocycles. The number of aromatic nitrogens is 4. The van der Waals surface area contributed by atoms with E-state index < -0.39 is 11.7 Å². The molecule has 2 aromatic heterocycles. The van der Waals surface area contributed by atoms with E-state index in [1.54, 1.807) is 12.3 Å². The molecule has 0 saturated heterocycles. The third-order valence-corrected chi connectivity index (χ3v) is 3.22. The zero-order valence-corrected chi connectivity index (χ0v) is 11.9. The lowest BCUT2D eigenvalue weighted by atomic mass is 10.2. The number of alkyl halides is 3. The van der Waals surface area contributed by atoms with Gasteiger partial charge in [-0.25, -0.2) is 4.98 Å². The van der Waals surface area contributed by atoms with E-state index in [9.17, 15) is 13.2 Å². The van der Waals surface area contributed by atoms with E-state index in [4.69, 9.17) is 0 Å². The quantitative estimate of drug-likeness (QED) is 0.711. The van der Waals surface area contributed by atoms with Gasteiger partial charge in [-0.3, -0.25) is 0 Å². The van der Waals surface area contributed by atoms with E-state index in [2.05, 4.69) is 36.3 Å². The maximum Gasteiger partial charge on any atom is 0.416 e. The molecule has 2 heterocycles. The topological polar surface area (TPSA) is 55.1 Å². The summed E-state index contributed by atoms with van der Waals surface area (Å²) in [6.45, 7) is 0. The molecule has 5 nitrogen and oxygen atoms in total. The van der Waals surface area contributed by atoms with Crippen LogP contribution in [-0.4, -0.2) is 19.6 Å². The van der Waals surface area contributed by atoms with Gasteiger partial charge in [-0.15, -0.1) is 5.10 Å². The summed E-state index contributed by atoms with van der Waals surface area (Å²) in [5.74, 6) is 0.267. The Morgan fingerprint density at radius 3 is 2.43 bits per heavy atom. The molecular weight excluding hydrogens is 351 g/mol. The highest BCUT2D eigenvalue weighted by Gasteiger charge is 2.29. The predicted octanol–water partition coefficient (Wildman–Crippen LogP) is 3.65. The summed E-state index contributed by atoms with van der Waals surface area (Å²) in [4.78, 5) is 8.18. The van der Waals surface area contributed by atoms with Crippen molar-refractivity contribution in [2.24, 2.45) is 0 Å². The Hall–Kier alpha value is -2.16. The standard InChI is InChI=1S/C12H7BrF3N5/c13-10-17-6-5-9-19-11(20-21(9)10)18-8-3-1-7(2-4-8)12(14,15)16/h1-6H,(H,18,20). The number of halogens is 4. The Balaban J connectivity index is 1.87. The maximum absolute atomic E-state index is 12.5. The van der Waals surface area contributed by atoms with E-state index in [0.717, 1.165) is 12.1 Å². The number of hydrogen-bond acceptors (Lipinski definition) is 4. The molecule has 0 unspecified atom stereocenters. The van der Waals surface area contributed by atoms with E-state index in [1.807, 2.05) is 0 Å². The van der Waals surface area contributed by atoms with Gasteiger partial charge >= 0.3 is 6.18 Å². The molecule has 3 rings (SSSR count). The van der Waals surface area contributed by atoms with Crippen molar-refractivity contribution in [2.75, 3.05) is 5.32 Å². The summed E-state index contributed by atoms with van der Waals surface area (Å²) in [6, 6.07) is 6.30. The lowest BCUT2D eigenvalue weighted by molar-refractivity contribution is -0.137. The van der Waals surface area contributed by atoms with Crippen molar-refractivity contribution >= 4 is 33.2 Å². The summed E-state index contributed by atoms with van der Waals surface area (Å²) in [5.41, 5.74) is 0.317. The first kappa shape index (κ1) is 13.8. The summed E-state index contributed by atoms with van der Waals surface area (Å²) in [7, 11) is 0. The molecule has 0 aliphatic rings. The molecule has 0 atom stereocenters. The second kappa shape index (κ2) is 4.99. The molecule has 3 aromatic rings. The van der Waals surface area contributed by atoms with Crippen LogP contribution >= 0.6 is 15.9 Å². The Bertz CT molecular complexity index is 782.